The van der Waals surface area contributed by atoms with Crippen molar-refractivity contribution in [1.82, 2.24) is 10.3 Å². The van der Waals surface area contributed by atoms with Gasteiger partial charge in [0.15, 0.2) is 6.04 Å². The van der Waals surface area contributed by atoms with Crippen LogP contribution in [0, 0.1) is 5.92 Å². The molecular weight excluding hydrogens is 298 g/mol. The Kier molecular flexibility index (Phi) is 8.00. The van der Waals surface area contributed by atoms with E-state index in [9.17, 15) is 9.59 Å². The van der Waals surface area contributed by atoms with E-state index in [-0.39, 0.29) is 12.5 Å². The zero-order chi connectivity index (χ0) is 18.4. The number of ether oxygens (including phenoxy) is 2. The van der Waals surface area contributed by atoms with Crippen LogP contribution in [-0.4, -0.2) is 47.4 Å². The van der Waals surface area contributed by atoms with E-state index in [4.69, 9.17) is 15.3 Å². The summed E-state index contributed by atoms with van der Waals surface area (Å²) in [4.78, 5) is 24.4. The maximum absolute atomic E-state index is 12.3. The molecule has 0 aliphatic carbocycles. The first-order chi connectivity index (χ1) is 10.2. The van der Waals surface area contributed by atoms with Crippen LogP contribution >= 0.6 is 0 Å². The van der Waals surface area contributed by atoms with Crippen molar-refractivity contribution < 1.29 is 19.1 Å². The van der Waals surface area contributed by atoms with Gasteiger partial charge in [-0.1, -0.05) is 13.8 Å². The minimum absolute atomic E-state index is 0.0136. The van der Waals surface area contributed by atoms with Gasteiger partial charge in [-0.3, -0.25) is 5.01 Å². The topological polar surface area (TPSA) is 93.9 Å². The van der Waals surface area contributed by atoms with E-state index in [1.807, 2.05) is 34.6 Å². The van der Waals surface area contributed by atoms with E-state index in [1.165, 1.54) is 0 Å². The highest BCUT2D eigenvalue weighted by molar-refractivity contribution is 5.83. The summed E-state index contributed by atoms with van der Waals surface area (Å²) in [5, 5.41) is 3.63. The number of hydrogen-bond acceptors (Lipinski definition) is 5. The number of hydrogen-bond donors (Lipinski definition) is 2. The number of amides is 2. The fourth-order valence-electron chi connectivity index (χ4n) is 1.58. The minimum Gasteiger partial charge on any atom is -0.458 e. The summed E-state index contributed by atoms with van der Waals surface area (Å²) in [6.45, 7) is 15.2. The molecule has 0 aliphatic rings. The zero-order valence-corrected chi connectivity index (χ0v) is 15.7. The van der Waals surface area contributed by atoms with E-state index < -0.39 is 29.2 Å². The number of nitrogens with zero attached hydrogens (tertiary/aromatic N) is 1. The Labute approximate surface area is 139 Å². The van der Waals surface area contributed by atoms with Crippen molar-refractivity contribution in [3.63, 3.8) is 0 Å². The molecule has 0 aromatic carbocycles. The first-order valence-corrected chi connectivity index (χ1v) is 7.91. The highest BCUT2D eigenvalue weighted by Crippen LogP contribution is 2.12. The Bertz CT molecular complexity index is 397. The van der Waals surface area contributed by atoms with E-state index in [1.54, 1.807) is 20.8 Å². The standard InChI is InChI=1S/C16H33N3O4/c1-11(2)9-19(17)14(21)18-12(10-22-15(3,4)5)13(20)23-16(6,7)8/h11-12H,9-10,17H2,1-8H3,(H,18,21). The molecule has 0 aromatic rings. The van der Waals surface area contributed by atoms with Crippen LogP contribution < -0.4 is 11.2 Å². The number of hydrazine groups is 1. The van der Waals surface area contributed by atoms with Gasteiger partial charge in [-0.15, -0.1) is 0 Å². The van der Waals surface area contributed by atoms with Crippen molar-refractivity contribution in [2.24, 2.45) is 11.8 Å². The van der Waals surface area contributed by atoms with Crippen molar-refractivity contribution in [3.8, 4) is 0 Å². The predicted molar refractivity (Wildman–Crippen MR) is 89.6 cm³/mol. The SMILES string of the molecule is CC(C)CN(N)C(=O)NC(COC(C)(C)C)C(=O)OC(C)(C)C. The van der Waals surface area contributed by atoms with E-state index in [2.05, 4.69) is 5.32 Å². The molecule has 0 aliphatic heterocycles. The molecule has 7 heteroatoms. The Balaban J connectivity index is 4.90. The lowest BCUT2D eigenvalue weighted by atomic mass is 10.1. The molecule has 0 saturated heterocycles. The molecule has 1 unspecified atom stereocenters. The third kappa shape index (κ3) is 10.9. The highest BCUT2D eigenvalue weighted by Gasteiger charge is 2.29. The number of carbonyl (C=O) groups excluding carboxylic acids is 2. The number of carbonyl (C=O) groups is 2. The van der Waals surface area contributed by atoms with Crippen LogP contribution in [0.1, 0.15) is 55.4 Å². The monoisotopic (exact) mass is 331 g/mol. The van der Waals surface area contributed by atoms with Crippen LogP contribution in [-0.2, 0) is 14.3 Å². The van der Waals surface area contributed by atoms with Crippen LogP contribution in [0.15, 0.2) is 0 Å². The molecular formula is C16H33N3O4. The lowest BCUT2D eigenvalue weighted by Gasteiger charge is -2.28. The summed E-state index contributed by atoms with van der Waals surface area (Å²) < 4.78 is 10.9. The lowest BCUT2D eigenvalue weighted by Crippen LogP contribution is -2.54. The van der Waals surface area contributed by atoms with Gasteiger partial charge in [-0.25, -0.2) is 15.4 Å². The van der Waals surface area contributed by atoms with Crippen molar-refractivity contribution in [2.75, 3.05) is 13.2 Å². The average molecular weight is 331 g/mol. The molecule has 1 atom stereocenters. The lowest BCUT2D eigenvalue weighted by molar-refractivity contribution is -0.160. The summed E-state index contributed by atoms with van der Waals surface area (Å²) in [6.07, 6.45) is 0. The van der Waals surface area contributed by atoms with Crippen molar-refractivity contribution >= 4 is 12.0 Å². The minimum atomic E-state index is -0.917. The molecule has 2 amide bonds. The molecule has 0 rings (SSSR count). The second-order valence-corrected chi connectivity index (χ2v) is 8.01. The number of nitrogens with one attached hydrogen (secondary N) is 1. The number of nitrogens with two attached hydrogens (primary N) is 1. The second kappa shape index (κ2) is 8.49. The molecule has 3 N–H and O–H groups in total. The van der Waals surface area contributed by atoms with Crippen LogP contribution in [0.25, 0.3) is 0 Å². The second-order valence-electron chi connectivity index (χ2n) is 8.01. The van der Waals surface area contributed by atoms with Gasteiger partial charge in [0.1, 0.15) is 5.60 Å². The summed E-state index contributed by atoms with van der Waals surface area (Å²) in [5.74, 6) is 5.38. The zero-order valence-electron chi connectivity index (χ0n) is 15.7. The van der Waals surface area contributed by atoms with E-state index in [0.717, 1.165) is 5.01 Å². The predicted octanol–water partition coefficient (Wildman–Crippen LogP) is 2.05. The smallest absolute Gasteiger partial charge is 0.332 e. The van der Waals surface area contributed by atoms with Gasteiger partial charge in [-0.2, -0.15) is 0 Å². The summed E-state index contributed by atoms with van der Waals surface area (Å²) >= 11 is 0. The molecule has 136 valence electrons. The number of rotatable bonds is 6. The highest BCUT2D eigenvalue weighted by atomic mass is 16.6. The Morgan fingerprint density at radius 2 is 1.61 bits per heavy atom. The quantitative estimate of drug-likeness (QED) is 0.336. The molecule has 0 spiro atoms. The number of esters is 1. The van der Waals surface area contributed by atoms with Gasteiger partial charge in [0, 0.05) is 6.54 Å². The van der Waals surface area contributed by atoms with Gasteiger partial charge >= 0.3 is 12.0 Å². The van der Waals surface area contributed by atoms with Crippen LogP contribution in [0.3, 0.4) is 0 Å². The van der Waals surface area contributed by atoms with Crippen molar-refractivity contribution in [3.05, 3.63) is 0 Å². The molecule has 0 saturated carbocycles. The van der Waals surface area contributed by atoms with Gasteiger partial charge < -0.3 is 14.8 Å². The van der Waals surface area contributed by atoms with Crippen LogP contribution in [0.5, 0.6) is 0 Å². The first-order valence-electron chi connectivity index (χ1n) is 7.91. The van der Waals surface area contributed by atoms with Crippen LogP contribution in [0.4, 0.5) is 4.79 Å². The van der Waals surface area contributed by atoms with Crippen LogP contribution in [0.2, 0.25) is 0 Å². The van der Waals surface area contributed by atoms with Gasteiger partial charge in [-0.05, 0) is 47.5 Å². The Hall–Kier alpha value is -1.34. The Morgan fingerprint density at radius 3 is 2.00 bits per heavy atom. The summed E-state index contributed by atoms with van der Waals surface area (Å²) in [7, 11) is 0. The molecule has 7 nitrogen and oxygen atoms in total. The summed E-state index contributed by atoms with van der Waals surface area (Å²) in [6, 6.07) is -1.45. The van der Waals surface area contributed by atoms with E-state index in [0.29, 0.717) is 6.54 Å². The molecule has 0 heterocycles. The fraction of sp³-hybridized carbons (Fsp3) is 0.875. The molecule has 0 bridgehead atoms. The molecule has 0 aromatic heterocycles. The third-order valence-corrected chi connectivity index (χ3v) is 2.49. The first kappa shape index (κ1) is 21.7. The van der Waals surface area contributed by atoms with Gasteiger partial charge in [0.25, 0.3) is 0 Å². The van der Waals surface area contributed by atoms with Gasteiger partial charge in [0.05, 0.1) is 12.2 Å². The molecule has 0 radical (unpaired) electrons. The molecule has 0 fully saturated rings. The van der Waals surface area contributed by atoms with Gasteiger partial charge in [0.2, 0.25) is 0 Å². The van der Waals surface area contributed by atoms with E-state index >= 15 is 0 Å². The van der Waals surface area contributed by atoms with Crippen molar-refractivity contribution in [2.45, 2.75) is 72.6 Å². The third-order valence-electron chi connectivity index (χ3n) is 2.49. The normalized spacial score (nSPS) is 13.7. The van der Waals surface area contributed by atoms with Crippen molar-refractivity contribution in [1.29, 1.82) is 0 Å². The maximum Gasteiger partial charge on any atom is 0.332 e. The largest absolute Gasteiger partial charge is 0.458 e. The maximum atomic E-state index is 12.3. The fourth-order valence-corrected chi connectivity index (χ4v) is 1.58. The number of urea groups is 1. The molecule has 23 heavy (non-hydrogen) atoms. The summed E-state index contributed by atoms with van der Waals surface area (Å²) in [5.41, 5.74) is -1.09. The average Bonchev–Trinajstić information content (AvgIpc) is 2.29. The Morgan fingerprint density at radius 1 is 1.09 bits per heavy atom.